The highest BCUT2D eigenvalue weighted by molar-refractivity contribution is 5.86. The van der Waals surface area contributed by atoms with Gasteiger partial charge in [-0.2, -0.15) is 0 Å². The number of hydrogen-bond donors (Lipinski definition) is 1. The Kier molecular flexibility index (Phi) is 4.11. The van der Waals surface area contributed by atoms with Gasteiger partial charge in [0.2, 0.25) is 0 Å². The van der Waals surface area contributed by atoms with E-state index in [0.717, 1.165) is 11.1 Å². The summed E-state index contributed by atoms with van der Waals surface area (Å²) < 4.78 is 12.1. The molecule has 1 heterocycles. The molecule has 21 heavy (non-hydrogen) atoms. The number of aryl methyl sites for hydroxylation is 1. The highest BCUT2D eigenvalue weighted by atomic mass is 16.5. The number of carboxylic acids is 1. The lowest BCUT2D eigenvalue weighted by Gasteiger charge is -2.13. The first-order valence-electron chi connectivity index (χ1n) is 6.32. The predicted molar refractivity (Wildman–Crippen MR) is 75.1 cm³/mol. The molecule has 0 atom stereocenters. The van der Waals surface area contributed by atoms with E-state index < -0.39 is 5.97 Å². The topological polar surface area (TPSA) is 86.5 Å². The van der Waals surface area contributed by atoms with Crippen molar-refractivity contribution in [3.05, 3.63) is 34.6 Å². The van der Waals surface area contributed by atoms with Gasteiger partial charge in [0.1, 0.15) is 0 Å². The Hall–Kier alpha value is -2.57. The van der Waals surface area contributed by atoms with Crippen molar-refractivity contribution in [2.45, 2.75) is 20.4 Å². The van der Waals surface area contributed by atoms with Gasteiger partial charge in [-0.1, -0.05) is 5.21 Å². The second kappa shape index (κ2) is 5.82. The Morgan fingerprint density at radius 3 is 2.38 bits per heavy atom. The van der Waals surface area contributed by atoms with E-state index in [2.05, 4.69) is 10.3 Å². The molecule has 7 nitrogen and oxygen atoms in total. The number of hydrogen-bond acceptors (Lipinski definition) is 5. The van der Waals surface area contributed by atoms with Crippen LogP contribution in [0.3, 0.4) is 0 Å². The van der Waals surface area contributed by atoms with E-state index >= 15 is 0 Å². The van der Waals surface area contributed by atoms with Gasteiger partial charge in [0.05, 0.1) is 26.5 Å². The molecule has 0 spiro atoms. The van der Waals surface area contributed by atoms with Gasteiger partial charge in [-0.15, -0.1) is 5.10 Å². The highest BCUT2D eigenvalue weighted by Crippen LogP contribution is 2.30. The molecular weight excluding hydrogens is 274 g/mol. The van der Waals surface area contributed by atoms with Crippen molar-refractivity contribution in [1.82, 2.24) is 15.0 Å². The molecule has 0 saturated heterocycles. The summed E-state index contributed by atoms with van der Waals surface area (Å²) in [5, 5.41) is 16.6. The lowest BCUT2D eigenvalue weighted by molar-refractivity contribution is 0.0689. The van der Waals surface area contributed by atoms with Crippen LogP contribution < -0.4 is 9.47 Å². The Morgan fingerprint density at radius 2 is 1.86 bits per heavy atom. The normalized spacial score (nSPS) is 10.5. The third-order valence-electron chi connectivity index (χ3n) is 3.35. The van der Waals surface area contributed by atoms with Crippen LogP contribution in [-0.4, -0.2) is 40.3 Å². The SMILES string of the molecule is COc1cc(C)c(Cn2nnc(C(=O)O)c2C)cc1OC. The van der Waals surface area contributed by atoms with E-state index in [-0.39, 0.29) is 5.69 Å². The fourth-order valence-electron chi connectivity index (χ4n) is 2.06. The standard InChI is InChI=1S/C14H17N3O4/c1-8-5-11(20-3)12(21-4)6-10(8)7-17-9(2)13(14(18)19)15-16-17/h5-6H,7H2,1-4H3,(H,18,19). The number of rotatable bonds is 5. The largest absolute Gasteiger partial charge is 0.493 e. The van der Waals surface area contributed by atoms with Gasteiger partial charge in [-0.3, -0.25) is 0 Å². The molecule has 7 heteroatoms. The third kappa shape index (κ3) is 2.81. The second-order valence-electron chi connectivity index (χ2n) is 4.62. The van der Waals surface area contributed by atoms with Crippen molar-refractivity contribution in [3.63, 3.8) is 0 Å². The lowest BCUT2D eigenvalue weighted by atomic mass is 10.1. The summed E-state index contributed by atoms with van der Waals surface area (Å²) >= 11 is 0. The van der Waals surface area contributed by atoms with E-state index in [1.165, 1.54) is 0 Å². The summed E-state index contributed by atoms with van der Waals surface area (Å²) in [6.07, 6.45) is 0. The molecule has 0 aliphatic carbocycles. The second-order valence-corrected chi connectivity index (χ2v) is 4.62. The van der Waals surface area contributed by atoms with Crippen LogP contribution in [0.5, 0.6) is 11.5 Å². The molecular formula is C14H17N3O4. The first kappa shape index (κ1) is 14.8. The number of carboxylic acid groups (broad SMARTS) is 1. The number of carbonyl (C=O) groups is 1. The Labute approximate surface area is 122 Å². The minimum atomic E-state index is -1.08. The van der Waals surface area contributed by atoms with Crippen LogP contribution in [0, 0.1) is 13.8 Å². The Balaban J connectivity index is 2.38. The number of benzene rings is 1. The van der Waals surface area contributed by atoms with Crippen molar-refractivity contribution < 1.29 is 19.4 Å². The van der Waals surface area contributed by atoms with Crippen LogP contribution in [-0.2, 0) is 6.54 Å². The lowest BCUT2D eigenvalue weighted by Crippen LogP contribution is -2.07. The molecule has 1 aromatic carbocycles. The zero-order valence-electron chi connectivity index (χ0n) is 12.4. The zero-order valence-corrected chi connectivity index (χ0v) is 12.4. The summed E-state index contributed by atoms with van der Waals surface area (Å²) in [5.74, 6) is 0.192. The van der Waals surface area contributed by atoms with Crippen LogP contribution in [0.4, 0.5) is 0 Å². The summed E-state index contributed by atoms with van der Waals surface area (Å²) in [5.41, 5.74) is 2.43. The maximum Gasteiger partial charge on any atom is 0.358 e. The van der Waals surface area contributed by atoms with Crippen LogP contribution in [0.1, 0.15) is 27.3 Å². The minimum absolute atomic E-state index is 0.0341. The number of ether oxygens (including phenoxy) is 2. The monoisotopic (exact) mass is 291 g/mol. The van der Waals surface area contributed by atoms with Gasteiger partial charge in [-0.25, -0.2) is 9.48 Å². The first-order chi connectivity index (χ1) is 9.97. The van der Waals surface area contributed by atoms with Gasteiger partial charge in [0.15, 0.2) is 17.2 Å². The molecule has 0 aliphatic heterocycles. The van der Waals surface area contributed by atoms with Crippen LogP contribution in [0.25, 0.3) is 0 Å². The Bertz CT molecular complexity index is 679. The van der Waals surface area contributed by atoms with E-state index in [1.807, 2.05) is 19.1 Å². The smallest absolute Gasteiger partial charge is 0.358 e. The highest BCUT2D eigenvalue weighted by Gasteiger charge is 2.16. The number of methoxy groups -OCH3 is 2. The minimum Gasteiger partial charge on any atom is -0.493 e. The van der Waals surface area contributed by atoms with Crippen LogP contribution >= 0.6 is 0 Å². The van der Waals surface area contributed by atoms with E-state index in [1.54, 1.807) is 25.8 Å². The third-order valence-corrected chi connectivity index (χ3v) is 3.35. The van der Waals surface area contributed by atoms with Gasteiger partial charge in [-0.05, 0) is 37.1 Å². The van der Waals surface area contributed by atoms with Gasteiger partial charge < -0.3 is 14.6 Å². The van der Waals surface area contributed by atoms with Crippen molar-refractivity contribution in [2.24, 2.45) is 0 Å². The molecule has 1 N–H and O–H groups in total. The van der Waals surface area contributed by atoms with Crippen molar-refractivity contribution in [2.75, 3.05) is 14.2 Å². The summed E-state index contributed by atoms with van der Waals surface area (Å²) in [7, 11) is 3.15. The average molecular weight is 291 g/mol. The van der Waals surface area contributed by atoms with Crippen molar-refractivity contribution in [1.29, 1.82) is 0 Å². The first-order valence-corrected chi connectivity index (χ1v) is 6.32. The maximum atomic E-state index is 11.0. The number of aromatic nitrogens is 3. The number of nitrogens with zero attached hydrogens (tertiary/aromatic N) is 3. The summed E-state index contributed by atoms with van der Waals surface area (Å²) in [6, 6.07) is 3.73. The quantitative estimate of drug-likeness (QED) is 0.901. The molecule has 0 aliphatic rings. The van der Waals surface area contributed by atoms with Crippen molar-refractivity contribution in [3.8, 4) is 11.5 Å². The molecule has 0 bridgehead atoms. The van der Waals surface area contributed by atoms with E-state index in [9.17, 15) is 4.79 Å². The van der Waals surface area contributed by atoms with Crippen LogP contribution in [0.15, 0.2) is 12.1 Å². The van der Waals surface area contributed by atoms with Crippen LogP contribution in [0.2, 0.25) is 0 Å². The fraction of sp³-hybridized carbons (Fsp3) is 0.357. The Morgan fingerprint density at radius 1 is 1.24 bits per heavy atom. The fourth-order valence-corrected chi connectivity index (χ4v) is 2.06. The molecule has 2 rings (SSSR count). The van der Waals surface area contributed by atoms with E-state index in [4.69, 9.17) is 14.6 Å². The van der Waals surface area contributed by atoms with Gasteiger partial charge >= 0.3 is 5.97 Å². The van der Waals surface area contributed by atoms with Gasteiger partial charge in [0.25, 0.3) is 0 Å². The molecule has 112 valence electrons. The zero-order chi connectivity index (χ0) is 15.6. The number of aromatic carboxylic acids is 1. The predicted octanol–water partition coefficient (Wildman–Crippen LogP) is 1.66. The summed E-state index contributed by atoms with van der Waals surface area (Å²) in [4.78, 5) is 11.0. The molecule has 0 unspecified atom stereocenters. The maximum absolute atomic E-state index is 11.0. The molecule has 0 saturated carbocycles. The molecule has 0 radical (unpaired) electrons. The van der Waals surface area contributed by atoms with Gasteiger partial charge in [0, 0.05) is 0 Å². The molecule has 0 amide bonds. The summed E-state index contributed by atoms with van der Waals surface area (Å²) in [6.45, 7) is 4.04. The molecule has 0 fully saturated rings. The van der Waals surface area contributed by atoms with Crippen molar-refractivity contribution >= 4 is 5.97 Å². The van der Waals surface area contributed by atoms with E-state index in [0.29, 0.717) is 23.7 Å². The molecule has 1 aromatic heterocycles. The average Bonchev–Trinajstić information content (AvgIpc) is 2.82. The molecule has 2 aromatic rings.